The Balaban J connectivity index is 2.25. The van der Waals surface area contributed by atoms with Gasteiger partial charge in [0.05, 0.1) is 24.1 Å². The molecule has 0 aliphatic rings. The Morgan fingerprint density at radius 2 is 1.82 bits per heavy atom. The number of ether oxygens (including phenoxy) is 1. The van der Waals surface area contributed by atoms with E-state index in [-0.39, 0.29) is 48.8 Å². The lowest BCUT2D eigenvalue weighted by molar-refractivity contribution is -0.141. The van der Waals surface area contributed by atoms with Crippen LogP contribution >= 0.6 is 11.6 Å². The second-order valence-corrected chi connectivity index (χ2v) is 11.8. The molecule has 0 saturated heterocycles. The summed E-state index contributed by atoms with van der Waals surface area (Å²) in [5.74, 6) is 0.0412. The molecule has 0 fully saturated rings. The highest BCUT2D eigenvalue weighted by molar-refractivity contribution is 7.92. The summed E-state index contributed by atoms with van der Waals surface area (Å²) < 4.78 is 31.5. The highest BCUT2D eigenvalue weighted by Gasteiger charge is 2.29. The van der Waals surface area contributed by atoms with Crippen molar-refractivity contribution in [3.05, 3.63) is 58.6 Å². The molecule has 0 spiro atoms. The molecular weight excluding hydrogens is 526 g/mol. The van der Waals surface area contributed by atoms with E-state index in [2.05, 4.69) is 5.32 Å². The van der Waals surface area contributed by atoms with Crippen molar-refractivity contribution in [3.8, 4) is 5.75 Å². The number of anilines is 1. The van der Waals surface area contributed by atoms with Crippen LogP contribution in [0.25, 0.3) is 0 Å². The number of nitrogens with one attached hydrogen (secondary N) is 1. The molecule has 2 amide bonds. The fourth-order valence-corrected chi connectivity index (χ4v) is 5.39. The topological polar surface area (TPSA) is 96.0 Å². The normalized spacial score (nSPS) is 12.9. The number of aryl methyl sites for hydroxylation is 1. The number of methoxy groups -OCH3 is 1. The number of halogens is 1. The number of benzene rings is 2. The smallest absolute Gasteiger partial charge is 0.243 e. The Kier molecular flexibility index (Phi) is 11.9. The summed E-state index contributed by atoms with van der Waals surface area (Å²) in [5, 5.41) is 3.29. The minimum Gasteiger partial charge on any atom is -0.495 e. The van der Waals surface area contributed by atoms with E-state index in [1.807, 2.05) is 52.0 Å². The van der Waals surface area contributed by atoms with Gasteiger partial charge in [-0.2, -0.15) is 0 Å². The van der Waals surface area contributed by atoms with Gasteiger partial charge in [-0.1, -0.05) is 55.3 Å². The van der Waals surface area contributed by atoms with Crippen molar-refractivity contribution in [2.24, 2.45) is 0 Å². The summed E-state index contributed by atoms with van der Waals surface area (Å²) in [5.41, 5.74) is 2.38. The molecule has 2 aromatic carbocycles. The van der Waals surface area contributed by atoms with Crippen LogP contribution in [-0.4, -0.2) is 57.1 Å². The monoisotopic (exact) mass is 565 g/mol. The number of sulfonamides is 1. The SMILES string of the molecule is CC[C@@H](C)NC(=O)[C@@H](CC)N(Cc1cccc(C)c1)C(=O)CCCN(c1ccc(OC)c(Cl)c1)S(C)(=O)=O. The number of nitrogens with zero attached hydrogens (tertiary/aromatic N) is 2. The van der Waals surface area contributed by atoms with Gasteiger partial charge >= 0.3 is 0 Å². The molecule has 0 aliphatic carbocycles. The first-order chi connectivity index (χ1) is 17.9. The largest absolute Gasteiger partial charge is 0.495 e. The summed E-state index contributed by atoms with van der Waals surface area (Å²) >= 11 is 6.22. The van der Waals surface area contributed by atoms with Crippen LogP contribution in [0.2, 0.25) is 5.02 Å². The van der Waals surface area contributed by atoms with E-state index in [4.69, 9.17) is 16.3 Å². The third-order valence-electron chi connectivity index (χ3n) is 6.40. The Bertz CT molecular complexity index is 1200. The van der Waals surface area contributed by atoms with E-state index in [0.29, 0.717) is 17.9 Å². The molecule has 2 atom stereocenters. The minimum absolute atomic E-state index is 0.00730. The molecule has 0 aliphatic heterocycles. The van der Waals surface area contributed by atoms with E-state index in [1.165, 1.54) is 17.5 Å². The fourth-order valence-electron chi connectivity index (χ4n) is 4.18. The Hall–Kier alpha value is -2.78. The molecule has 0 unspecified atom stereocenters. The van der Waals surface area contributed by atoms with Crippen LogP contribution in [0.4, 0.5) is 5.69 Å². The standard InChI is InChI=1S/C28H40ClN3O5S/c1-7-21(4)30-28(34)25(8-2)31(19-22-12-9-11-20(3)17-22)27(33)13-10-16-32(38(6,35)36)23-14-15-26(37-5)24(29)18-23/h9,11-12,14-15,17-18,21,25H,7-8,10,13,16,19H2,1-6H3,(H,30,34)/t21-,25-/m1/s1. The van der Waals surface area contributed by atoms with Crippen LogP contribution in [0.5, 0.6) is 5.75 Å². The van der Waals surface area contributed by atoms with Crippen molar-refractivity contribution in [2.45, 2.75) is 72.0 Å². The number of amides is 2. The van der Waals surface area contributed by atoms with Gasteiger partial charge in [-0.3, -0.25) is 13.9 Å². The minimum atomic E-state index is -3.63. The summed E-state index contributed by atoms with van der Waals surface area (Å²) in [4.78, 5) is 28.3. The molecule has 0 bridgehead atoms. The van der Waals surface area contributed by atoms with Crippen LogP contribution in [-0.2, 0) is 26.2 Å². The molecular formula is C28H40ClN3O5S. The molecule has 210 valence electrons. The molecule has 2 rings (SSSR count). The Morgan fingerprint density at radius 3 is 2.37 bits per heavy atom. The zero-order valence-corrected chi connectivity index (χ0v) is 24.7. The molecule has 1 N–H and O–H groups in total. The lowest BCUT2D eigenvalue weighted by Crippen LogP contribution is -2.50. The summed E-state index contributed by atoms with van der Waals surface area (Å²) in [6.07, 6.45) is 2.70. The number of carbonyl (C=O) groups excluding carboxylic acids is 2. The molecule has 0 saturated carbocycles. The molecule has 0 heterocycles. The first kappa shape index (κ1) is 31.4. The van der Waals surface area contributed by atoms with Crippen molar-refractivity contribution in [1.82, 2.24) is 10.2 Å². The quantitative estimate of drug-likeness (QED) is 0.350. The van der Waals surface area contributed by atoms with E-state index < -0.39 is 16.1 Å². The van der Waals surface area contributed by atoms with Crippen molar-refractivity contribution >= 4 is 39.1 Å². The van der Waals surface area contributed by atoms with Crippen molar-refractivity contribution in [1.29, 1.82) is 0 Å². The Morgan fingerprint density at radius 1 is 1.11 bits per heavy atom. The predicted octanol–water partition coefficient (Wildman–Crippen LogP) is 4.93. The van der Waals surface area contributed by atoms with Gasteiger partial charge in [-0.25, -0.2) is 8.42 Å². The number of hydrogen-bond acceptors (Lipinski definition) is 5. The van der Waals surface area contributed by atoms with Gasteiger partial charge in [0.25, 0.3) is 0 Å². The maximum absolute atomic E-state index is 13.5. The summed E-state index contributed by atoms with van der Waals surface area (Å²) in [6, 6.07) is 11.9. The zero-order valence-electron chi connectivity index (χ0n) is 23.2. The molecule has 10 heteroatoms. The number of carbonyl (C=O) groups is 2. The van der Waals surface area contributed by atoms with Crippen LogP contribution in [0.3, 0.4) is 0 Å². The zero-order chi connectivity index (χ0) is 28.5. The summed E-state index contributed by atoms with van der Waals surface area (Å²) in [7, 11) is -2.15. The van der Waals surface area contributed by atoms with E-state index in [0.717, 1.165) is 23.8 Å². The van der Waals surface area contributed by atoms with Crippen molar-refractivity contribution < 1.29 is 22.7 Å². The lowest BCUT2D eigenvalue weighted by atomic mass is 10.1. The van der Waals surface area contributed by atoms with E-state index in [9.17, 15) is 18.0 Å². The third-order valence-corrected chi connectivity index (χ3v) is 7.89. The van der Waals surface area contributed by atoms with Gasteiger partial charge in [0, 0.05) is 25.6 Å². The molecule has 0 radical (unpaired) electrons. The second-order valence-electron chi connectivity index (χ2n) is 9.51. The predicted molar refractivity (Wildman–Crippen MR) is 153 cm³/mol. The van der Waals surface area contributed by atoms with Crippen LogP contribution in [0.15, 0.2) is 42.5 Å². The second kappa shape index (κ2) is 14.4. The van der Waals surface area contributed by atoms with Crippen LogP contribution in [0.1, 0.15) is 57.6 Å². The first-order valence-electron chi connectivity index (χ1n) is 12.9. The number of hydrogen-bond donors (Lipinski definition) is 1. The average molecular weight is 566 g/mol. The van der Waals surface area contributed by atoms with Gasteiger partial charge in [0.15, 0.2) is 0 Å². The maximum Gasteiger partial charge on any atom is 0.243 e. The van der Waals surface area contributed by atoms with Gasteiger partial charge in [0.1, 0.15) is 11.8 Å². The van der Waals surface area contributed by atoms with Crippen LogP contribution in [0, 0.1) is 6.92 Å². The van der Waals surface area contributed by atoms with Crippen molar-refractivity contribution in [2.75, 3.05) is 24.2 Å². The highest BCUT2D eigenvalue weighted by Crippen LogP contribution is 2.30. The Labute approximate surface area is 232 Å². The van der Waals surface area contributed by atoms with Gasteiger partial charge in [0.2, 0.25) is 21.8 Å². The maximum atomic E-state index is 13.5. The molecule has 8 nitrogen and oxygen atoms in total. The third kappa shape index (κ3) is 8.91. The highest BCUT2D eigenvalue weighted by atomic mass is 35.5. The van der Waals surface area contributed by atoms with Gasteiger partial charge in [-0.15, -0.1) is 0 Å². The summed E-state index contributed by atoms with van der Waals surface area (Å²) in [6.45, 7) is 8.16. The first-order valence-corrected chi connectivity index (χ1v) is 15.1. The molecule has 38 heavy (non-hydrogen) atoms. The lowest BCUT2D eigenvalue weighted by Gasteiger charge is -2.32. The average Bonchev–Trinajstić information content (AvgIpc) is 2.85. The van der Waals surface area contributed by atoms with Gasteiger partial charge in [-0.05, 0) is 56.9 Å². The number of rotatable bonds is 14. The molecule has 2 aromatic rings. The van der Waals surface area contributed by atoms with E-state index >= 15 is 0 Å². The fraction of sp³-hybridized carbons (Fsp3) is 0.500. The van der Waals surface area contributed by atoms with Crippen molar-refractivity contribution in [3.63, 3.8) is 0 Å². The van der Waals surface area contributed by atoms with Gasteiger partial charge < -0.3 is 15.0 Å². The molecule has 0 aromatic heterocycles. The van der Waals surface area contributed by atoms with Crippen LogP contribution < -0.4 is 14.4 Å². The van der Waals surface area contributed by atoms with E-state index in [1.54, 1.807) is 17.0 Å².